The summed E-state index contributed by atoms with van der Waals surface area (Å²) in [7, 11) is 0. The smallest absolute Gasteiger partial charge is 0.140 e. The van der Waals surface area contributed by atoms with E-state index in [9.17, 15) is 4.79 Å². The van der Waals surface area contributed by atoms with Crippen LogP contribution in [0.2, 0.25) is 0 Å². The Balaban J connectivity index is 2.70. The van der Waals surface area contributed by atoms with E-state index >= 15 is 0 Å². The van der Waals surface area contributed by atoms with Crippen molar-refractivity contribution >= 4 is 5.78 Å². The van der Waals surface area contributed by atoms with Gasteiger partial charge in [0.1, 0.15) is 5.78 Å². The van der Waals surface area contributed by atoms with E-state index in [1.165, 1.54) is 5.57 Å². The third kappa shape index (κ3) is 3.48. The monoisotopic (exact) mass is 208 g/mol. The van der Waals surface area contributed by atoms with E-state index in [-0.39, 0.29) is 5.92 Å². The number of Topliss-reactive ketones (excluding diaryl/α,β-unsaturated/α-hetero) is 1. The molecule has 0 N–H and O–H groups in total. The van der Waals surface area contributed by atoms with Gasteiger partial charge in [0.15, 0.2) is 0 Å². The number of allylic oxidation sites excluding steroid dienone is 2. The first kappa shape index (κ1) is 12.5. The topological polar surface area (TPSA) is 17.1 Å². The molecule has 0 aromatic carbocycles. The summed E-state index contributed by atoms with van der Waals surface area (Å²) in [6.07, 6.45) is 5.20. The van der Waals surface area contributed by atoms with Crippen LogP contribution in [0, 0.1) is 17.3 Å². The maximum atomic E-state index is 12.0. The zero-order chi connectivity index (χ0) is 11.6. The molecule has 15 heavy (non-hydrogen) atoms. The summed E-state index contributed by atoms with van der Waals surface area (Å²) >= 11 is 0. The minimum Gasteiger partial charge on any atom is -0.299 e. The quantitative estimate of drug-likeness (QED) is 0.641. The minimum atomic E-state index is 0.209. The molecule has 1 atom stereocenters. The predicted octanol–water partition coefficient (Wildman–Crippen LogP) is 3.98. The predicted molar refractivity (Wildman–Crippen MR) is 64.7 cm³/mol. The first-order valence-corrected chi connectivity index (χ1v) is 6.04. The Kier molecular flexibility index (Phi) is 3.75. The number of hydrogen-bond donors (Lipinski definition) is 0. The molecule has 0 saturated carbocycles. The van der Waals surface area contributed by atoms with E-state index in [1.54, 1.807) is 0 Å². The van der Waals surface area contributed by atoms with Crippen LogP contribution in [0.5, 0.6) is 0 Å². The standard InChI is InChI=1S/C14H24O/c1-10(2)8-13(15)12-6-7-14(4,5)9-11(12)3/h9-10,12H,6-8H2,1-5H3. The zero-order valence-corrected chi connectivity index (χ0v) is 10.8. The SMILES string of the molecule is CC1=CC(C)(C)CCC1C(=O)CC(C)C. The van der Waals surface area contributed by atoms with Crippen LogP contribution in [0.15, 0.2) is 11.6 Å². The van der Waals surface area contributed by atoms with Crippen LogP contribution in [-0.2, 0) is 4.79 Å². The Bertz CT molecular complexity index is 271. The van der Waals surface area contributed by atoms with Crippen LogP contribution in [0.25, 0.3) is 0 Å². The van der Waals surface area contributed by atoms with Crippen LogP contribution >= 0.6 is 0 Å². The first-order chi connectivity index (χ1) is 6.82. The van der Waals surface area contributed by atoms with E-state index in [1.807, 2.05) is 0 Å². The van der Waals surface area contributed by atoms with Crippen LogP contribution in [-0.4, -0.2) is 5.78 Å². The van der Waals surface area contributed by atoms with Gasteiger partial charge in [-0.05, 0) is 31.1 Å². The summed E-state index contributed by atoms with van der Waals surface area (Å²) in [5.74, 6) is 1.13. The Morgan fingerprint density at radius 3 is 2.60 bits per heavy atom. The van der Waals surface area contributed by atoms with E-state index < -0.39 is 0 Å². The fraction of sp³-hybridized carbons (Fsp3) is 0.786. The molecule has 1 nitrogen and oxygen atoms in total. The zero-order valence-electron chi connectivity index (χ0n) is 10.8. The third-order valence-corrected chi connectivity index (χ3v) is 3.24. The Morgan fingerprint density at radius 1 is 1.53 bits per heavy atom. The highest BCUT2D eigenvalue weighted by Crippen LogP contribution is 2.37. The van der Waals surface area contributed by atoms with Gasteiger partial charge in [-0.15, -0.1) is 0 Å². The van der Waals surface area contributed by atoms with Crippen molar-refractivity contribution in [2.24, 2.45) is 17.3 Å². The Labute approximate surface area is 93.9 Å². The van der Waals surface area contributed by atoms with Gasteiger partial charge >= 0.3 is 0 Å². The van der Waals surface area contributed by atoms with Crippen molar-refractivity contribution in [3.8, 4) is 0 Å². The van der Waals surface area contributed by atoms with Crippen molar-refractivity contribution in [3.63, 3.8) is 0 Å². The van der Waals surface area contributed by atoms with E-state index in [2.05, 4.69) is 40.7 Å². The van der Waals surface area contributed by atoms with Crippen molar-refractivity contribution < 1.29 is 4.79 Å². The maximum Gasteiger partial charge on any atom is 0.140 e. The maximum absolute atomic E-state index is 12.0. The lowest BCUT2D eigenvalue weighted by atomic mass is 9.73. The number of ketones is 1. The van der Waals surface area contributed by atoms with Crippen molar-refractivity contribution in [2.45, 2.75) is 53.9 Å². The molecule has 0 bridgehead atoms. The van der Waals surface area contributed by atoms with Crippen molar-refractivity contribution in [1.82, 2.24) is 0 Å². The molecular formula is C14H24O. The molecular weight excluding hydrogens is 184 g/mol. The van der Waals surface area contributed by atoms with Crippen LogP contribution < -0.4 is 0 Å². The molecule has 0 amide bonds. The summed E-state index contributed by atoms with van der Waals surface area (Å²) in [6, 6.07) is 0. The molecule has 0 spiro atoms. The highest BCUT2D eigenvalue weighted by atomic mass is 16.1. The minimum absolute atomic E-state index is 0.209. The van der Waals surface area contributed by atoms with Gasteiger partial charge in [-0.1, -0.05) is 39.3 Å². The van der Waals surface area contributed by atoms with Gasteiger partial charge in [-0.2, -0.15) is 0 Å². The lowest BCUT2D eigenvalue weighted by molar-refractivity contribution is -0.123. The molecule has 1 rings (SSSR count). The summed E-state index contributed by atoms with van der Waals surface area (Å²) in [5, 5.41) is 0. The van der Waals surface area contributed by atoms with E-state index in [4.69, 9.17) is 0 Å². The average molecular weight is 208 g/mol. The van der Waals surface area contributed by atoms with Gasteiger partial charge in [0, 0.05) is 12.3 Å². The summed E-state index contributed by atoms with van der Waals surface area (Å²) in [5.41, 5.74) is 1.58. The van der Waals surface area contributed by atoms with Crippen LogP contribution in [0.1, 0.15) is 53.9 Å². The lowest BCUT2D eigenvalue weighted by Gasteiger charge is -2.31. The molecule has 0 aromatic heterocycles. The largest absolute Gasteiger partial charge is 0.299 e. The van der Waals surface area contributed by atoms with Crippen molar-refractivity contribution in [2.75, 3.05) is 0 Å². The van der Waals surface area contributed by atoms with Crippen molar-refractivity contribution in [1.29, 1.82) is 0 Å². The average Bonchev–Trinajstić information content (AvgIpc) is 1.99. The molecule has 0 radical (unpaired) electrons. The highest BCUT2D eigenvalue weighted by molar-refractivity contribution is 5.84. The molecule has 1 unspecified atom stereocenters. The molecule has 1 heteroatoms. The van der Waals surface area contributed by atoms with Crippen LogP contribution in [0.4, 0.5) is 0 Å². The fourth-order valence-corrected chi connectivity index (χ4v) is 2.49. The number of hydrogen-bond acceptors (Lipinski definition) is 1. The van der Waals surface area contributed by atoms with E-state index in [0.717, 1.165) is 19.3 Å². The molecule has 1 aliphatic rings. The molecule has 0 aliphatic heterocycles. The summed E-state index contributed by atoms with van der Waals surface area (Å²) in [4.78, 5) is 12.0. The molecule has 1 aliphatic carbocycles. The second-order valence-electron chi connectivity index (χ2n) is 6.03. The molecule has 0 aromatic rings. The number of carbonyl (C=O) groups excluding carboxylic acids is 1. The lowest BCUT2D eigenvalue weighted by Crippen LogP contribution is -2.25. The second-order valence-corrected chi connectivity index (χ2v) is 6.03. The molecule has 0 heterocycles. The number of carbonyl (C=O) groups is 1. The molecule has 0 saturated heterocycles. The Morgan fingerprint density at radius 2 is 2.13 bits per heavy atom. The normalized spacial score (nSPS) is 25.2. The van der Waals surface area contributed by atoms with Gasteiger partial charge in [0.2, 0.25) is 0 Å². The van der Waals surface area contributed by atoms with Gasteiger partial charge in [0.05, 0.1) is 0 Å². The molecule has 0 fully saturated rings. The van der Waals surface area contributed by atoms with Gasteiger partial charge < -0.3 is 0 Å². The van der Waals surface area contributed by atoms with Crippen LogP contribution in [0.3, 0.4) is 0 Å². The summed E-state index contributed by atoms with van der Waals surface area (Å²) < 4.78 is 0. The summed E-state index contributed by atoms with van der Waals surface area (Å²) in [6.45, 7) is 10.8. The molecule has 86 valence electrons. The Hall–Kier alpha value is -0.590. The van der Waals surface area contributed by atoms with Gasteiger partial charge in [-0.25, -0.2) is 0 Å². The highest BCUT2D eigenvalue weighted by Gasteiger charge is 2.29. The van der Waals surface area contributed by atoms with Crippen molar-refractivity contribution in [3.05, 3.63) is 11.6 Å². The number of rotatable bonds is 3. The fourth-order valence-electron chi connectivity index (χ4n) is 2.49. The van der Waals surface area contributed by atoms with E-state index in [0.29, 0.717) is 17.1 Å². The van der Waals surface area contributed by atoms with Gasteiger partial charge in [-0.3, -0.25) is 4.79 Å². The first-order valence-electron chi connectivity index (χ1n) is 6.04. The third-order valence-electron chi connectivity index (χ3n) is 3.24. The van der Waals surface area contributed by atoms with Gasteiger partial charge in [0.25, 0.3) is 0 Å². The second kappa shape index (κ2) is 4.51.